The fourth-order valence-electron chi connectivity index (χ4n) is 2.49. The average Bonchev–Trinajstić information content (AvgIpc) is 2.99. The highest BCUT2D eigenvalue weighted by Crippen LogP contribution is 2.16. The van der Waals surface area contributed by atoms with Crippen molar-refractivity contribution in [2.45, 2.75) is 20.4 Å². The van der Waals surface area contributed by atoms with E-state index in [0.717, 1.165) is 11.5 Å². The van der Waals surface area contributed by atoms with Gasteiger partial charge in [-0.3, -0.25) is 9.69 Å². The normalized spacial score (nSPS) is 10.9. The number of hydrogen-bond donors (Lipinski definition) is 0. The first-order chi connectivity index (χ1) is 11.4. The Morgan fingerprint density at radius 2 is 1.88 bits per heavy atom. The van der Waals surface area contributed by atoms with Crippen molar-refractivity contribution in [3.05, 3.63) is 53.5 Å². The number of likely N-dealkylation sites (N-methyl/N-ethyl adjacent to an activating group) is 2. The highest BCUT2D eigenvalue weighted by atomic mass is 16.5. The molecule has 0 unspecified atom stereocenters. The summed E-state index contributed by atoms with van der Waals surface area (Å²) in [4.78, 5) is 15.8. The van der Waals surface area contributed by atoms with Gasteiger partial charge in [0.25, 0.3) is 0 Å². The number of nitrogens with zero attached hydrogens (tertiary/aromatic N) is 2. The van der Waals surface area contributed by atoms with Crippen LogP contribution in [0.5, 0.6) is 5.75 Å². The van der Waals surface area contributed by atoms with Gasteiger partial charge in [0.15, 0.2) is 0 Å². The summed E-state index contributed by atoms with van der Waals surface area (Å²) in [7, 11) is 3.70. The van der Waals surface area contributed by atoms with Crippen LogP contribution < -0.4 is 4.74 Å². The molecule has 0 aliphatic rings. The number of carbonyl (C=O) groups excluding carboxylic acids is 1. The molecular weight excluding hydrogens is 304 g/mol. The van der Waals surface area contributed by atoms with Crippen molar-refractivity contribution in [2.75, 3.05) is 33.8 Å². The summed E-state index contributed by atoms with van der Waals surface area (Å²) in [5, 5.41) is 0. The van der Waals surface area contributed by atoms with Gasteiger partial charge in [0, 0.05) is 13.6 Å². The Labute approximate surface area is 143 Å². The summed E-state index contributed by atoms with van der Waals surface area (Å²) in [5.74, 6) is 1.72. The van der Waals surface area contributed by atoms with E-state index >= 15 is 0 Å². The third kappa shape index (κ3) is 5.74. The molecule has 0 bridgehead atoms. The van der Waals surface area contributed by atoms with Crippen LogP contribution in [-0.4, -0.2) is 49.5 Å². The van der Waals surface area contributed by atoms with Gasteiger partial charge in [-0.1, -0.05) is 6.07 Å². The molecule has 0 radical (unpaired) electrons. The fraction of sp³-hybridized carbons (Fsp3) is 0.421. The van der Waals surface area contributed by atoms with E-state index in [1.54, 1.807) is 18.2 Å². The van der Waals surface area contributed by atoms with Crippen molar-refractivity contribution >= 4 is 5.91 Å². The van der Waals surface area contributed by atoms with E-state index in [9.17, 15) is 4.79 Å². The Kier molecular flexibility index (Phi) is 6.44. The van der Waals surface area contributed by atoms with E-state index in [1.165, 1.54) is 11.1 Å². The minimum Gasteiger partial charge on any atom is -0.492 e. The number of carbonyl (C=O) groups is 1. The molecule has 24 heavy (non-hydrogen) atoms. The molecule has 0 fully saturated rings. The summed E-state index contributed by atoms with van der Waals surface area (Å²) in [6, 6.07) is 9.85. The molecule has 1 aromatic heterocycles. The molecule has 0 atom stereocenters. The molecule has 1 heterocycles. The number of amides is 1. The van der Waals surface area contributed by atoms with Crippen molar-refractivity contribution in [1.82, 2.24) is 9.80 Å². The smallest absolute Gasteiger partial charge is 0.236 e. The summed E-state index contributed by atoms with van der Waals surface area (Å²) in [6.07, 6.45) is 1.62. The van der Waals surface area contributed by atoms with Crippen molar-refractivity contribution in [3.63, 3.8) is 0 Å². The third-order valence-electron chi connectivity index (χ3n) is 3.74. The highest BCUT2D eigenvalue weighted by molar-refractivity contribution is 5.77. The number of ether oxygens (including phenoxy) is 1. The van der Waals surface area contributed by atoms with Gasteiger partial charge in [0.1, 0.15) is 18.1 Å². The SMILES string of the molecule is Cc1cc(C)cc(OCCN(C)CC(=O)N(C)Cc2ccco2)c1. The van der Waals surface area contributed by atoms with Gasteiger partial charge in [-0.2, -0.15) is 0 Å². The molecule has 0 spiro atoms. The predicted octanol–water partition coefficient (Wildman–Crippen LogP) is 2.87. The average molecular weight is 330 g/mol. The Morgan fingerprint density at radius 3 is 2.50 bits per heavy atom. The molecule has 0 saturated carbocycles. The zero-order valence-corrected chi connectivity index (χ0v) is 14.9. The van der Waals surface area contributed by atoms with Crippen LogP contribution in [0.25, 0.3) is 0 Å². The summed E-state index contributed by atoms with van der Waals surface area (Å²) >= 11 is 0. The van der Waals surface area contributed by atoms with E-state index in [1.807, 2.05) is 36.2 Å². The molecule has 5 nitrogen and oxygen atoms in total. The first-order valence-electron chi connectivity index (χ1n) is 8.10. The molecule has 0 N–H and O–H groups in total. The van der Waals surface area contributed by atoms with E-state index in [-0.39, 0.29) is 5.91 Å². The Balaban J connectivity index is 1.72. The largest absolute Gasteiger partial charge is 0.492 e. The quantitative estimate of drug-likeness (QED) is 0.747. The van der Waals surface area contributed by atoms with Crippen molar-refractivity contribution in [1.29, 1.82) is 0 Å². The van der Waals surface area contributed by atoms with Crippen LogP contribution in [0.2, 0.25) is 0 Å². The minimum atomic E-state index is 0.0558. The maximum Gasteiger partial charge on any atom is 0.236 e. The van der Waals surface area contributed by atoms with Crippen LogP contribution in [0.1, 0.15) is 16.9 Å². The van der Waals surface area contributed by atoms with Gasteiger partial charge in [-0.05, 0) is 56.3 Å². The second-order valence-electron chi connectivity index (χ2n) is 6.24. The predicted molar refractivity (Wildman–Crippen MR) is 94.1 cm³/mol. The molecule has 1 amide bonds. The maximum absolute atomic E-state index is 12.2. The molecule has 5 heteroatoms. The standard InChI is InChI=1S/C19H26N2O3/c1-15-10-16(2)12-18(11-15)24-9-7-20(3)14-19(22)21(4)13-17-6-5-8-23-17/h5-6,8,10-12H,7,9,13-14H2,1-4H3. The zero-order valence-electron chi connectivity index (χ0n) is 14.9. The summed E-state index contributed by atoms with van der Waals surface area (Å²) in [5.41, 5.74) is 2.38. The Hall–Kier alpha value is -2.27. The lowest BCUT2D eigenvalue weighted by atomic mass is 10.1. The van der Waals surface area contributed by atoms with E-state index in [4.69, 9.17) is 9.15 Å². The molecule has 2 rings (SSSR count). The van der Waals surface area contributed by atoms with Crippen LogP contribution in [0.3, 0.4) is 0 Å². The van der Waals surface area contributed by atoms with Crippen LogP contribution >= 0.6 is 0 Å². The molecule has 130 valence electrons. The Bertz CT molecular complexity index is 632. The van der Waals surface area contributed by atoms with Crippen molar-refractivity contribution in [2.24, 2.45) is 0 Å². The minimum absolute atomic E-state index is 0.0558. The molecule has 1 aromatic carbocycles. The molecular formula is C19H26N2O3. The van der Waals surface area contributed by atoms with E-state index < -0.39 is 0 Å². The zero-order chi connectivity index (χ0) is 17.5. The van der Waals surface area contributed by atoms with Gasteiger partial charge >= 0.3 is 0 Å². The topological polar surface area (TPSA) is 45.9 Å². The number of furan rings is 1. The Morgan fingerprint density at radius 1 is 1.17 bits per heavy atom. The van der Waals surface area contributed by atoms with Gasteiger partial charge in [-0.15, -0.1) is 0 Å². The lowest BCUT2D eigenvalue weighted by Gasteiger charge is -2.21. The lowest BCUT2D eigenvalue weighted by molar-refractivity contribution is -0.131. The monoisotopic (exact) mass is 330 g/mol. The van der Waals surface area contributed by atoms with Crippen molar-refractivity contribution in [3.8, 4) is 5.75 Å². The number of hydrogen-bond acceptors (Lipinski definition) is 4. The molecule has 0 aliphatic carbocycles. The number of aryl methyl sites for hydroxylation is 2. The second kappa shape index (κ2) is 8.55. The maximum atomic E-state index is 12.2. The van der Waals surface area contributed by atoms with Crippen LogP contribution in [0.4, 0.5) is 0 Å². The number of rotatable bonds is 8. The van der Waals surface area contributed by atoms with Crippen LogP contribution in [0.15, 0.2) is 41.0 Å². The molecule has 0 saturated heterocycles. The molecule has 0 aliphatic heterocycles. The van der Waals surface area contributed by atoms with Gasteiger partial charge in [-0.25, -0.2) is 0 Å². The van der Waals surface area contributed by atoms with Crippen molar-refractivity contribution < 1.29 is 13.9 Å². The van der Waals surface area contributed by atoms with E-state index in [2.05, 4.69) is 19.9 Å². The first kappa shape index (κ1) is 18.1. The van der Waals surface area contributed by atoms with Gasteiger partial charge in [0.2, 0.25) is 5.91 Å². The third-order valence-corrected chi connectivity index (χ3v) is 3.74. The fourth-order valence-corrected chi connectivity index (χ4v) is 2.49. The molecule has 2 aromatic rings. The summed E-state index contributed by atoms with van der Waals surface area (Å²) in [6.45, 7) is 6.19. The van der Waals surface area contributed by atoms with Crippen LogP contribution in [-0.2, 0) is 11.3 Å². The van der Waals surface area contributed by atoms with Gasteiger partial charge < -0.3 is 14.1 Å². The van der Waals surface area contributed by atoms with Gasteiger partial charge in [0.05, 0.1) is 19.4 Å². The summed E-state index contributed by atoms with van der Waals surface area (Å²) < 4.78 is 11.0. The first-order valence-corrected chi connectivity index (χ1v) is 8.10. The lowest BCUT2D eigenvalue weighted by Crippen LogP contribution is -2.37. The highest BCUT2D eigenvalue weighted by Gasteiger charge is 2.13. The van der Waals surface area contributed by atoms with Crippen LogP contribution in [0, 0.1) is 13.8 Å². The van der Waals surface area contributed by atoms with E-state index in [0.29, 0.717) is 26.2 Å². The second-order valence-corrected chi connectivity index (χ2v) is 6.24. The number of benzene rings is 1.